The van der Waals surface area contributed by atoms with E-state index in [4.69, 9.17) is 0 Å². The van der Waals surface area contributed by atoms with Crippen LogP contribution in [0.1, 0.15) is 50.2 Å². The number of carbonyl (C=O) groups is 1. The molecule has 0 bridgehead atoms. The van der Waals surface area contributed by atoms with E-state index < -0.39 is 22.1 Å². The van der Waals surface area contributed by atoms with Crippen molar-refractivity contribution in [3.63, 3.8) is 0 Å². The van der Waals surface area contributed by atoms with Gasteiger partial charge in [0.05, 0.1) is 16.9 Å². The molecular weight excluding hydrogens is 430 g/mol. The van der Waals surface area contributed by atoms with Gasteiger partial charge in [0.2, 0.25) is 0 Å². The Hall–Kier alpha value is -2.30. The molecule has 0 fully saturated rings. The summed E-state index contributed by atoms with van der Waals surface area (Å²) in [6, 6.07) is 14.9. The highest BCUT2D eigenvalue weighted by molar-refractivity contribution is 7.85. The zero-order valence-electron chi connectivity index (χ0n) is 19.7. The topological polar surface area (TPSA) is 182 Å². The van der Waals surface area contributed by atoms with Gasteiger partial charge in [0.15, 0.2) is 0 Å². The van der Waals surface area contributed by atoms with Crippen LogP contribution in [0.4, 0.5) is 0 Å². The van der Waals surface area contributed by atoms with E-state index in [0.29, 0.717) is 6.42 Å². The van der Waals surface area contributed by atoms with E-state index in [0.717, 1.165) is 30.5 Å². The molecule has 32 heavy (non-hydrogen) atoms. The van der Waals surface area contributed by atoms with Gasteiger partial charge in [-0.15, -0.1) is 0 Å². The van der Waals surface area contributed by atoms with Crippen molar-refractivity contribution < 1.29 is 22.9 Å². The lowest BCUT2D eigenvalue weighted by Gasteiger charge is -2.19. The number of carbonyl (C=O) groups excluding carboxylic acids is 1. The minimum absolute atomic E-state index is 0. The van der Waals surface area contributed by atoms with Crippen molar-refractivity contribution in [1.29, 1.82) is 0 Å². The zero-order valence-corrected chi connectivity index (χ0v) is 20.5. The number of aliphatic carboxylic acids is 1. The first-order valence-corrected chi connectivity index (χ1v) is 11.7. The molecular formula is C23H39N3O5S. The summed E-state index contributed by atoms with van der Waals surface area (Å²) >= 11 is 0. The van der Waals surface area contributed by atoms with Gasteiger partial charge in [-0.05, 0) is 44.0 Å². The van der Waals surface area contributed by atoms with Gasteiger partial charge < -0.3 is 32.1 Å². The van der Waals surface area contributed by atoms with Gasteiger partial charge in [0.25, 0.3) is 0 Å². The Morgan fingerprint density at radius 1 is 0.938 bits per heavy atom. The predicted molar refractivity (Wildman–Crippen MR) is 127 cm³/mol. The first-order valence-electron chi connectivity index (χ1n) is 10.2. The van der Waals surface area contributed by atoms with Gasteiger partial charge in [-0.1, -0.05) is 80.6 Å². The number of carboxylic acid groups (broad SMARTS) is 1. The number of hydrogen-bond acceptors (Lipinski definition) is 6. The van der Waals surface area contributed by atoms with Gasteiger partial charge in [0, 0.05) is 0 Å². The first kappa shape index (κ1) is 31.9. The van der Waals surface area contributed by atoms with E-state index in [1.807, 2.05) is 37.3 Å². The van der Waals surface area contributed by atoms with Crippen molar-refractivity contribution in [1.82, 2.24) is 17.6 Å². The maximum atomic E-state index is 11.1. The molecule has 8 nitrogen and oxygen atoms in total. The lowest BCUT2D eigenvalue weighted by molar-refractivity contribution is -0.308. The monoisotopic (exact) mass is 469 g/mol. The van der Waals surface area contributed by atoms with Crippen LogP contribution in [0, 0.1) is 6.92 Å². The van der Waals surface area contributed by atoms with Crippen molar-refractivity contribution in [2.45, 2.75) is 63.3 Å². The zero-order chi connectivity index (χ0) is 22.4. The third kappa shape index (κ3) is 13.9. The molecule has 2 rings (SSSR count). The minimum atomic E-state index is -4.27. The second-order valence-corrected chi connectivity index (χ2v) is 8.58. The van der Waals surface area contributed by atoms with E-state index in [1.165, 1.54) is 31.4 Å². The SMILES string of the molecule is CCCCCCCN[C@@H](Cc1ccccc1)C(=O)[O-].Cc1ccc(S(=O)(=O)[O-])cc1.[NH4+].[NH4+]. The summed E-state index contributed by atoms with van der Waals surface area (Å²) in [6.45, 7) is 4.75. The number of nitrogens with one attached hydrogen (secondary N) is 1. The van der Waals surface area contributed by atoms with Gasteiger partial charge >= 0.3 is 0 Å². The number of quaternary nitrogens is 2. The third-order valence-electron chi connectivity index (χ3n) is 4.55. The largest absolute Gasteiger partial charge is 0.744 e. The summed E-state index contributed by atoms with van der Waals surface area (Å²) in [5, 5.41) is 14.2. The number of rotatable bonds is 11. The number of aryl methyl sites for hydroxylation is 1. The van der Waals surface area contributed by atoms with E-state index in [1.54, 1.807) is 12.1 Å². The summed E-state index contributed by atoms with van der Waals surface area (Å²) < 4.78 is 31.2. The van der Waals surface area contributed by atoms with Gasteiger partial charge in [-0.25, -0.2) is 8.42 Å². The van der Waals surface area contributed by atoms with Crippen LogP contribution in [0.25, 0.3) is 0 Å². The van der Waals surface area contributed by atoms with E-state index >= 15 is 0 Å². The van der Waals surface area contributed by atoms with Crippen LogP contribution in [0.3, 0.4) is 0 Å². The molecule has 0 aliphatic rings. The molecule has 0 aliphatic carbocycles. The number of carboxylic acids is 1. The lowest BCUT2D eigenvalue weighted by Crippen LogP contribution is -2.47. The molecule has 9 heteroatoms. The third-order valence-corrected chi connectivity index (χ3v) is 5.40. The molecule has 0 aliphatic heterocycles. The van der Waals surface area contributed by atoms with Crippen LogP contribution in [0.15, 0.2) is 59.5 Å². The molecule has 0 radical (unpaired) electrons. The predicted octanol–water partition coefficient (Wildman–Crippen LogP) is 3.56. The maximum absolute atomic E-state index is 11.1. The standard InChI is InChI=1S/C16H25NO2.C7H8O3S.2H3N/c1-2-3-4-5-9-12-17-15(16(18)19)13-14-10-7-6-8-11-14;1-6-2-4-7(5-3-6)11(8,9)10;;/h6-8,10-11,15,17H,2-5,9,12-13H2,1H3,(H,18,19);2-5H,1H3,(H,8,9,10);2*1H3/t15-;;;/m0.../s1. The molecule has 9 N–H and O–H groups in total. The molecule has 1 atom stereocenters. The van der Waals surface area contributed by atoms with Crippen LogP contribution in [-0.4, -0.2) is 31.5 Å². The van der Waals surface area contributed by atoms with Crippen LogP contribution in [0.2, 0.25) is 0 Å². The first-order chi connectivity index (χ1) is 14.2. The summed E-state index contributed by atoms with van der Waals surface area (Å²) in [7, 11) is -4.27. The average molecular weight is 470 g/mol. The molecule has 0 amide bonds. The van der Waals surface area contributed by atoms with Crippen molar-refractivity contribution in [3.05, 3.63) is 65.7 Å². The van der Waals surface area contributed by atoms with Gasteiger partial charge in [-0.2, -0.15) is 0 Å². The molecule has 0 saturated heterocycles. The second-order valence-electron chi connectivity index (χ2n) is 7.20. The molecule has 0 unspecified atom stereocenters. The minimum Gasteiger partial charge on any atom is -0.744 e. The fraction of sp³-hybridized carbons (Fsp3) is 0.435. The Labute approximate surface area is 192 Å². The summed E-state index contributed by atoms with van der Waals surface area (Å²) in [5.41, 5.74) is 1.95. The molecule has 2 aromatic carbocycles. The van der Waals surface area contributed by atoms with Crippen molar-refractivity contribution in [2.75, 3.05) is 6.54 Å². The van der Waals surface area contributed by atoms with Crippen molar-refractivity contribution >= 4 is 16.1 Å². The normalized spacial score (nSPS) is 11.2. The summed E-state index contributed by atoms with van der Waals surface area (Å²) in [5.74, 6) is -1.02. The Morgan fingerprint density at radius 3 is 2.00 bits per heavy atom. The molecule has 0 heterocycles. The Morgan fingerprint density at radius 2 is 1.50 bits per heavy atom. The Bertz CT molecular complexity index is 844. The van der Waals surface area contributed by atoms with E-state index in [-0.39, 0.29) is 17.2 Å². The van der Waals surface area contributed by atoms with Crippen molar-refractivity contribution in [3.8, 4) is 0 Å². The molecule has 0 aromatic heterocycles. The highest BCUT2D eigenvalue weighted by atomic mass is 32.2. The number of benzene rings is 2. The highest BCUT2D eigenvalue weighted by Crippen LogP contribution is 2.08. The summed E-state index contributed by atoms with van der Waals surface area (Å²) in [4.78, 5) is 10.9. The Kier molecular flexibility index (Phi) is 17.2. The Balaban J connectivity index is 0. The lowest BCUT2D eigenvalue weighted by atomic mass is 10.1. The number of unbranched alkanes of at least 4 members (excludes halogenated alkanes) is 4. The second kappa shape index (κ2) is 17.3. The van der Waals surface area contributed by atoms with E-state index in [9.17, 15) is 22.9 Å². The van der Waals surface area contributed by atoms with Crippen LogP contribution in [0.5, 0.6) is 0 Å². The smallest absolute Gasteiger partial charge is 0.124 e. The highest BCUT2D eigenvalue weighted by Gasteiger charge is 2.09. The van der Waals surface area contributed by atoms with E-state index in [2.05, 4.69) is 12.2 Å². The molecule has 182 valence electrons. The van der Waals surface area contributed by atoms with Crippen molar-refractivity contribution in [2.24, 2.45) is 0 Å². The van der Waals surface area contributed by atoms with Crippen LogP contribution >= 0.6 is 0 Å². The molecule has 0 spiro atoms. The summed E-state index contributed by atoms with van der Waals surface area (Å²) in [6.07, 6.45) is 6.38. The quantitative estimate of drug-likeness (QED) is 0.334. The average Bonchev–Trinajstić information content (AvgIpc) is 2.70. The molecule has 2 aromatic rings. The molecule has 0 saturated carbocycles. The maximum Gasteiger partial charge on any atom is 0.124 e. The fourth-order valence-corrected chi connectivity index (χ4v) is 3.27. The van der Waals surface area contributed by atoms with Gasteiger partial charge in [-0.3, -0.25) is 0 Å². The number of hydrogen-bond donors (Lipinski definition) is 3. The fourth-order valence-electron chi connectivity index (χ4n) is 2.80. The van der Waals surface area contributed by atoms with Crippen LogP contribution in [-0.2, 0) is 21.3 Å². The van der Waals surface area contributed by atoms with Crippen LogP contribution < -0.4 is 22.7 Å². The van der Waals surface area contributed by atoms with Gasteiger partial charge in [0.1, 0.15) is 10.1 Å².